The number of aromatic amines is 1. The van der Waals surface area contributed by atoms with Gasteiger partial charge in [-0.2, -0.15) is 0 Å². The van der Waals surface area contributed by atoms with Crippen molar-refractivity contribution in [2.45, 2.75) is 26.8 Å². The summed E-state index contributed by atoms with van der Waals surface area (Å²) in [5.41, 5.74) is 3.93. The van der Waals surface area contributed by atoms with Gasteiger partial charge >= 0.3 is 0 Å². The molecule has 1 aliphatic heterocycles. The van der Waals surface area contributed by atoms with Gasteiger partial charge in [0.25, 0.3) is 5.91 Å². The standard InChI is InChI=1S/C16H19N3O2/c1-9-10(2)18-14-5-4-12(8-13(9)14)16(21)19-7-6-17-15(20)11(19)3/h4-5,8,11,18H,6-7H2,1-3H3,(H,17,20). The highest BCUT2D eigenvalue weighted by molar-refractivity contribution is 6.01. The van der Waals surface area contributed by atoms with Crippen LogP contribution in [0.25, 0.3) is 10.9 Å². The quantitative estimate of drug-likeness (QED) is 0.838. The molecule has 2 amide bonds. The summed E-state index contributed by atoms with van der Waals surface area (Å²) < 4.78 is 0. The van der Waals surface area contributed by atoms with E-state index in [9.17, 15) is 9.59 Å². The van der Waals surface area contributed by atoms with E-state index in [1.807, 2.05) is 32.0 Å². The van der Waals surface area contributed by atoms with Gasteiger partial charge in [0.1, 0.15) is 6.04 Å². The van der Waals surface area contributed by atoms with E-state index in [1.54, 1.807) is 11.8 Å². The van der Waals surface area contributed by atoms with Gasteiger partial charge in [0, 0.05) is 35.2 Å². The normalized spacial score (nSPS) is 18.9. The number of H-pyrrole nitrogens is 1. The Balaban J connectivity index is 1.97. The van der Waals surface area contributed by atoms with Crippen molar-refractivity contribution < 1.29 is 9.59 Å². The molecule has 2 aromatic rings. The lowest BCUT2D eigenvalue weighted by atomic mass is 10.1. The van der Waals surface area contributed by atoms with Crippen molar-refractivity contribution in [1.82, 2.24) is 15.2 Å². The summed E-state index contributed by atoms with van der Waals surface area (Å²) >= 11 is 0. The van der Waals surface area contributed by atoms with Gasteiger partial charge in [-0.25, -0.2) is 0 Å². The second-order valence-electron chi connectivity index (χ2n) is 5.60. The number of fused-ring (bicyclic) bond motifs is 1. The number of amides is 2. The maximum atomic E-state index is 12.7. The first-order valence-corrected chi connectivity index (χ1v) is 7.16. The first kappa shape index (κ1) is 13.7. The third-order valence-corrected chi connectivity index (χ3v) is 4.31. The number of rotatable bonds is 1. The molecule has 1 aromatic carbocycles. The van der Waals surface area contributed by atoms with Crippen LogP contribution in [0.1, 0.15) is 28.5 Å². The minimum Gasteiger partial charge on any atom is -0.358 e. The predicted molar refractivity (Wildman–Crippen MR) is 81.3 cm³/mol. The van der Waals surface area contributed by atoms with Crippen LogP contribution in [-0.2, 0) is 4.79 Å². The fraction of sp³-hybridized carbons (Fsp3) is 0.375. The Kier molecular flexibility index (Phi) is 3.20. The Morgan fingerprint density at radius 1 is 1.33 bits per heavy atom. The summed E-state index contributed by atoms with van der Waals surface area (Å²) in [7, 11) is 0. The molecule has 1 unspecified atom stereocenters. The first-order chi connectivity index (χ1) is 9.99. The van der Waals surface area contributed by atoms with Crippen LogP contribution in [0.2, 0.25) is 0 Å². The molecule has 5 heteroatoms. The molecule has 3 rings (SSSR count). The maximum Gasteiger partial charge on any atom is 0.254 e. The van der Waals surface area contributed by atoms with Crippen LogP contribution >= 0.6 is 0 Å². The van der Waals surface area contributed by atoms with E-state index in [-0.39, 0.29) is 11.8 Å². The van der Waals surface area contributed by atoms with Gasteiger partial charge < -0.3 is 15.2 Å². The number of hydrogen-bond acceptors (Lipinski definition) is 2. The number of benzene rings is 1. The number of nitrogens with zero attached hydrogens (tertiary/aromatic N) is 1. The van der Waals surface area contributed by atoms with Crippen molar-refractivity contribution in [3.05, 3.63) is 35.0 Å². The summed E-state index contributed by atoms with van der Waals surface area (Å²) in [5, 5.41) is 3.83. The molecule has 1 aromatic heterocycles. The molecule has 2 N–H and O–H groups in total. The summed E-state index contributed by atoms with van der Waals surface area (Å²) in [6.07, 6.45) is 0. The van der Waals surface area contributed by atoms with E-state index in [2.05, 4.69) is 10.3 Å². The molecule has 0 aliphatic carbocycles. The molecule has 0 spiro atoms. The summed E-state index contributed by atoms with van der Waals surface area (Å²) in [6.45, 7) is 6.89. The molecular weight excluding hydrogens is 266 g/mol. The molecule has 5 nitrogen and oxygen atoms in total. The maximum absolute atomic E-state index is 12.7. The molecular formula is C16H19N3O2. The minimum absolute atomic E-state index is 0.0856. The van der Waals surface area contributed by atoms with Crippen LogP contribution in [0.5, 0.6) is 0 Å². The number of hydrogen-bond donors (Lipinski definition) is 2. The lowest BCUT2D eigenvalue weighted by Gasteiger charge is -2.32. The number of carbonyl (C=O) groups is 2. The van der Waals surface area contributed by atoms with E-state index < -0.39 is 6.04 Å². The van der Waals surface area contributed by atoms with Crippen molar-refractivity contribution >= 4 is 22.7 Å². The zero-order valence-corrected chi connectivity index (χ0v) is 12.5. The number of aryl methyl sites for hydroxylation is 2. The lowest BCUT2D eigenvalue weighted by molar-refractivity contribution is -0.127. The fourth-order valence-corrected chi connectivity index (χ4v) is 2.82. The van der Waals surface area contributed by atoms with E-state index in [0.29, 0.717) is 18.7 Å². The topological polar surface area (TPSA) is 65.2 Å². The second-order valence-corrected chi connectivity index (χ2v) is 5.60. The Bertz CT molecular complexity index is 732. The molecule has 0 bridgehead atoms. The van der Waals surface area contributed by atoms with Crippen LogP contribution in [0.15, 0.2) is 18.2 Å². The van der Waals surface area contributed by atoms with Crippen molar-refractivity contribution in [2.75, 3.05) is 13.1 Å². The van der Waals surface area contributed by atoms with E-state index in [1.165, 1.54) is 0 Å². The minimum atomic E-state index is -0.420. The SMILES string of the molecule is Cc1[nH]c2ccc(C(=O)N3CCNC(=O)C3C)cc2c1C. The highest BCUT2D eigenvalue weighted by Crippen LogP contribution is 2.23. The van der Waals surface area contributed by atoms with E-state index in [4.69, 9.17) is 0 Å². The Labute approximate surface area is 123 Å². The lowest BCUT2D eigenvalue weighted by Crippen LogP contribution is -2.55. The molecule has 1 fully saturated rings. The number of carbonyl (C=O) groups excluding carboxylic acids is 2. The zero-order chi connectivity index (χ0) is 15.1. The highest BCUT2D eigenvalue weighted by atomic mass is 16.2. The van der Waals surface area contributed by atoms with E-state index >= 15 is 0 Å². The number of piperazine rings is 1. The van der Waals surface area contributed by atoms with Gasteiger partial charge in [-0.05, 0) is 44.5 Å². The third-order valence-electron chi connectivity index (χ3n) is 4.31. The van der Waals surface area contributed by atoms with Crippen molar-refractivity contribution in [3.63, 3.8) is 0 Å². The van der Waals surface area contributed by atoms with Gasteiger partial charge in [0.2, 0.25) is 5.91 Å². The highest BCUT2D eigenvalue weighted by Gasteiger charge is 2.29. The van der Waals surface area contributed by atoms with Gasteiger partial charge in [-0.3, -0.25) is 9.59 Å². The summed E-state index contributed by atoms with van der Waals surface area (Å²) in [6, 6.07) is 5.24. The monoisotopic (exact) mass is 285 g/mol. The van der Waals surface area contributed by atoms with Crippen LogP contribution in [0.4, 0.5) is 0 Å². The van der Waals surface area contributed by atoms with Crippen LogP contribution in [-0.4, -0.2) is 40.8 Å². The molecule has 1 aliphatic rings. The van der Waals surface area contributed by atoms with Crippen LogP contribution in [0.3, 0.4) is 0 Å². The van der Waals surface area contributed by atoms with Gasteiger partial charge in [0.15, 0.2) is 0 Å². The largest absolute Gasteiger partial charge is 0.358 e. The summed E-state index contributed by atoms with van der Waals surface area (Å²) in [5.74, 6) is -0.179. The average Bonchev–Trinajstić information content (AvgIpc) is 2.76. The van der Waals surface area contributed by atoms with Gasteiger partial charge in [-0.1, -0.05) is 0 Å². The Hall–Kier alpha value is -2.30. The average molecular weight is 285 g/mol. The number of aromatic nitrogens is 1. The van der Waals surface area contributed by atoms with Gasteiger partial charge in [-0.15, -0.1) is 0 Å². The smallest absolute Gasteiger partial charge is 0.254 e. The molecule has 0 radical (unpaired) electrons. The third kappa shape index (κ3) is 2.18. The zero-order valence-electron chi connectivity index (χ0n) is 12.5. The second kappa shape index (κ2) is 4.91. The van der Waals surface area contributed by atoms with Crippen molar-refractivity contribution in [3.8, 4) is 0 Å². The van der Waals surface area contributed by atoms with Crippen LogP contribution in [0, 0.1) is 13.8 Å². The molecule has 2 heterocycles. The van der Waals surface area contributed by atoms with E-state index in [0.717, 1.165) is 22.2 Å². The van der Waals surface area contributed by atoms with Crippen LogP contribution < -0.4 is 5.32 Å². The molecule has 1 atom stereocenters. The fourth-order valence-electron chi connectivity index (χ4n) is 2.82. The predicted octanol–water partition coefficient (Wildman–Crippen LogP) is 1.75. The summed E-state index contributed by atoms with van der Waals surface area (Å²) in [4.78, 5) is 29.3. The van der Waals surface area contributed by atoms with Gasteiger partial charge in [0.05, 0.1) is 0 Å². The first-order valence-electron chi connectivity index (χ1n) is 7.16. The van der Waals surface area contributed by atoms with Crippen molar-refractivity contribution in [1.29, 1.82) is 0 Å². The molecule has 0 saturated carbocycles. The number of nitrogens with one attached hydrogen (secondary N) is 2. The Morgan fingerprint density at radius 3 is 2.86 bits per heavy atom. The molecule has 110 valence electrons. The molecule has 21 heavy (non-hydrogen) atoms. The van der Waals surface area contributed by atoms with Crippen molar-refractivity contribution in [2.24, 2.45) is 0 Å². The molecule has 1 saturated heterocycles. The Morgan fingerprint density at radius 2 is 2.10 bits per heavy atom.